The number of morpholine rings is 1. The first-order chi connectivity index (χ1) is 9.58. The average molecular weight is 283 g/mol. The minimum atomic E-state index is -0.591. The Bertz CT molecular complexity index is 481. The highest BCUT2D eigenvalue weighted by molar-refractivity contribution is 5.81. The van der Waals surface area contributed by atoms with Gasteiger partial charge in [-0.3, -0.25) is 20.2 Å². The number of nitrogens with zero attached hydrogens (tertiary/aromatic N) is 2. The lowest BCUT2D eigenvalue weighted by atomic mass is 10.2. The number of rotatable bonds is 5. The number of carbonyl (C=O) groups is 1. The van der Waals surface area contributed by atoms with Crippen LogP contribution in [0.25, 0.3) is 0 Å². The van der Waals surface area contributed by atoms with Gasteiger partial charge in [-0.2, -0.15) is 0 Å². The van der Waals surface area contributed by atoms with E-state index in [2.05, 4.69) is 5.32 Å². The number of hydrogen-bond donors (Lipinski definition) is 1. The van der Waals surface area contributed by atoms with Gasteiger partial charge >= 0.3 is 5.88 Å². The summed E-state index contributed by atoms with van der Waals surface area (Å²) in [5, 5.41) is 13.5. The van der Waals surface area contributed by atoms with Gasteiger partial charge in [-0.25, -0.2) is 0 Å². The van der Waals surface area contributed by atoms with Crippen molar-refractivity contribution in [3.8, 4) is 0 Å². The first-order valence-corrected chi connectivity index (χ1v) is 6.41. The molecule has 8 nitrogen and oxygen atoms in total. The molecule has 1 aliphatic rings. The fourth-order valence-electron chi connectivity index (χ4n) is 1.96. The molecule has 1 amide bonds. The number of ether oxygens (including phenoxy) is 1. The fraction of sp³-hybridized carbons (Fsp3) is 0.583. The first kappa shape index (κ1) is 14.5. The standard InChI is InChI=1S/C12H17N3O5/c1-9(12(16)14-4-6-19-7-5-14)13-8-10-2-3-11(20-10)15(17)18/h2-3,9,13H,4-8H2,1H3. The highest BCUT2D eigenvalue weighted by Gasteiger charge is 2.22. The van der Waals surface area contributed by atoms with E-state index in [1.165, 1.54) is 12.1 Å². The second kappa shape index (κ2) is 6.49. The summed E-state index contributed by atoms with van der Waals surface area (Å²) in [5.41, 5.74) is 0. The molecular weight excluding hydrogens is 266 g/mol. The van der Waals surface area contributed by atoms with Gasteiger partial charge in [0.25, 0.3) is 0 Å². The maximum atomic E-state index is 12.1. The molecule has 0 aromatic carbocycles. The molecule has 1 aromatic heterocycles. The molecule has 1 atom stereocenters. The van der Waals surface area contributed by atoms with Gasteiger partial charge in [-0.05, 0) is 13.0 Å². The number of furan rings is 1. The molecule has 2 rings (SSSR count). The zero-order valence-corrected chi connectivity index (χ0v) is 11.2. The summed E-state index contributed by atoms with van der Waals surface area (Å²) < 4.78 is 10.2. The Morgan fingerprint density at radius 2 is 2.20 bits per heavy atom. The fourth-order valence-corrected chi connectivity index (χ4v) is 1.96. The molecule has 1 fully saturated rings. The van der Waals surface area contributed by atoms with E-state index in [4.69, 9.17) is 9.15 Å². The van der Waals surface area contributed by atoms with Crippen LogP contribution in [0.4, 0.5) is 5.88 Å². The Morgan fingerprint density at radius 3 is 2.80 bits per heavy atom. The summed E-state index contributed by atoms with van der Waals surface area (Å²) in [6, 6.07) is 2.44. The van der Waals surface area contributed by atoms with Crippen molar-refractivity contribution in [2.75, 3.05) is 26.3 Å². The first-order valence-electron chi connectivity index (χ1n) is 6.41. The van der Waals surface area contributed by atoms with Gasteiger partial charge in [0.1, 0.15) is 10.7 Å². The highest BCUT2D eigenvalue weighted by atomic mass is 16.6. The van der Waals surface area contributed by atoms with E-state index in [1.54, 1.807) is 11.8 Å². The molecule has 0 radical (unpaired) electrons. The normalized spacial score (nSPS) is 16.9. The third-order valence-corrected chi connectivity index (χ3v) is 3.10. The van der Waals surface area contributed by atoms with Crippen LogP contribution in [0.3, 0.4) is 0 Å². The molecule has 0 saturated carbocycles. The molecular formula is C12H17N3O5. The van der Waals surface area contributed by atoms with Crippen LogP contribution >= 0.6 is 0 Å². The van der Waals surface area contributed by atoms with Crippen LogP contribution in [0.15, 0.2) is 16.5 Å². The van der Waals surface area contributed by atoms with Crippen LogP contribution in [0, 0.1) is 10.1 Å². The van der Waals surface area contributed by atoms with Crippen LogP contribution in [-0.2, 0) is 16.1 Å². The Labute approximate surface area is 115 Å². The van der Waals surface area contributed by atoms with Crippen molar-refractivity contribution in [1.29, 1.82) is 0 Å². The molecule has 0 spiro atoms. The Kier molecular flexibility index (Phi) is 4.70. The van der Waals surface area contributed by atoms with Crippen molar-refractivity contribution in [2.24, 2.45) is 0 Å². The Balaban J connectivity index is 1.82. The Hall–Kier alpha value is -1.93. The van der Waals surface area contributed by atoms with E-state index in [9.17, 15) is 14.9 Å². The summed E-state index contributed by atoms with van der Waals surface area (Å²) in [5.74, 6) is 0.127. The zero-order valence-electron chi connectivity index (χ0n) is 11.2. The minimum Gasteiger partial charge on any atom is -0.404 e. The van der Waals surface area contributed by atoms with Crippen molar-refractivity contribution < 1.29 is 18.9 Å². The Morgan fingerprint density at radius 1 is 1.50 bits per heavy atom. The van der Waals surface area contributed by atoms with E-state index in [-0.39, 0.29) is 24.4 Å². The largest absolute Gasteiger partial charge is 0.433 e. The molecule has 0 bridgehead atoms. The molecule has 2 heterocycles. The van der Waals surface area contributed by atoms with E-state index in [1.807, 2.05) is 0 Å². The molecule has 110 valence electrons. The predicted octanol–water partition coefficient (Wildman–Crippen LogP) is 0.525. The van der Waals surface area contributed by atoms with Crippen molar-refractivity contribution in [2.45, 2.75) is 19.5 Å². The maximum absolute atomic E-state index is 12.1. The zero-order chi connectivity index (χ0) is 14.5. The molecule has 8 heteroatoms. The van der Waals surface area contributed by atoms with E-state index in [0.29, 0.717) is 32.1 Å². The molecule has 1 aliphatic heterocycles. The number of carbonyl (C=O) groups excluding carboxylic acids is 1. The van der Waals surface area contributed by atoms with Gasteiger partial charge in [0.2, 0.25) is 5.91 Å². The van der Waals surface area contributed by atoms with Crippen molar-refractivity contribution >= 4 is 11.8 Å². The third kappa shape index (κ3) is 3.55. The van der Waals surface area contributed by atoms with E-state index in [0.717, 1.165) is 0 Å². The molecule has 1 unspecified atom stereocenters. The lowest BCUT2D eigenvalue weighted by molar-refractivity contribution is -0.402. The lowest BCUT2D eigenvalue weighted by Crippen LogP contribution is -2.49. The summed E-state index contributed by atoms with van der Waals surface area (Å²) in [6.45, 7) is 4.33. The topological polar surface area (TPSA) is 97.8 Å². The molecule has 1 aromatic rings. The van der Waals surface area contributed by atoms with Gasteiger partial charge in [-0.1, -0.05) is 0 Å². The summed E-state index contributed by atoms with van der Waals surface area (Å²) >= 11 is 0. The average Bonchev–Trinajstić information content (AvgIpc) is 2.94. The predicted molar refractivity (Wildman–Crippen MR) is 69.1 cm³/mol. The summed E-state index contributed by atoms with van der Waals surface area (Å²) in [7, 11) is 0. The van der Waals surface area contributed by atoms with Gasteiger partial charge in [0.05, 0.1) is 31.9 Å². The number of nitro groups is 1. The monoisotopic (exact) mass is 283 g/mol. The van der Waals surface area contributed by atoms with Crippen molar-refractivity contribution in [3.05, 3.63) is 28.0 Å². The van der Waals surface area contributed by atoms with Gasteiger partial charge < -0.3 is 14.1 Å². The SMILES string of the molecule is CC(NCc1ccc([N+](=O)[O-])o1)C(=O)N1CCOCC1. The van der Waals surface area contributed by atoms with Gasteiger partial charge in [0, 0.05) is 13.1 Å². The van der Waals surface area contributed by atoms with Crippen LogP contribution in [-0.4, -0.2) is 48.1 Å². The molecule has 0 aliphatic carbocycles. The quantitative estimate of drug-likeness (QED) is 0.625. The van der Waals surface area contributed by atoms with Crippen molar-refractivity contribution in [3.63, 3.8) is 0 Å². The van der Waals surface area contributed by atoms with Crippen LogP contribution < -0.4 is 5.32 Å². The maximum Gasteiger partial charge on any atom is 0.433 e. The van der Waals surface area contributed by atoms with E-state index < -0.39 is 4.92 Å². The highest BCUT2D eigenvalue weighted by Crippen LogP contribution is 2.15. The number of amides is 1. The van der Waals surface area contributed by atoms with Gasteiger partial charge in [0.15, 0.2) is 0 Å². The van der Waals surface area contributed by atoms with E-state index >= 15 is 0 Å². The van der Waals surface area contributed by atoms with Crippen LogP contribution in [0.2, 0.25) is 0 Å². The third-order valence-electron chi connectivity index (χ3n) is 3.10. The van der Waals surface area contributed by atoms with Crippen molar-refractivity contribution in [1.82, 2.24) is 10.2 Å². The van der Waals surface area contributed by atoms with Crippen LogP contribution in [0.5, 0.6) is 0 Å². The summed E-state index contributed by atoms with van der Waals surface area (Å²) in [4.78, 5) is 23.7. The van der Waals surface area contributed by atoms with Crippen LogP contribution in [0.1, 0.15) is 12.7 Å². The number of hydrogen-bond acceptors (Lipinski definition) is 6. The number of nitrogens with one attached hydrogen (secondary N) is 1. The second-order valence-electron chi connectivity index (χ2n) is 4.54. The summed E-state index contributed by atoms with van der Waals surface area (Å²) in [6.07, 6.45) is 0. The minimum absolute atomic E-state index is 0.00523. The molecule has 1 N–H and O–H groups in total. The second-order valence-corrected chi connectivity index (χ2v) is 4.54. The van der Waals surface area contributed by atoms with Gasteiger partial charge in [-0.15, -0.1) is 0 Å². The lowest BCUT2D eigenvalue weighted by Gasteiger charge is -2.29. The smallest absolute Gasteiger partial charge is 0.404 e. The molecule has 20 heavy (non-hydrogen) atoms. The molecule has 1 saturated heterocycles.